The van der Waals surface area contributed by atoms with E-state index < -0.39 is 5.97 Å². The quantitative estimate of drug-likeness (QED) is 0.564. The Bertz CT molecular complexity index is 914. The fraction of sp³-hybridized carbons (Fsp3) is 0.111. The third kappa shape index (κ3) is 5.25. The number of pyridine rings is 1. The van der Waals surface area contributed by atoms with E-state index in [1.165, 1.54) is 6.07 Å². The summed E-state index contributed by atoms with van der Waals surface area (Å²) < 4.78 is 11.1. The van der Waals surface area contributed by atoms with Crippen molar-refractivity contribution in [1.29, 1.82) is 0 Å². The number of hydrogen-bond acceptors (Lipinski definition) is 5. The molecule has 0 spiro atoms. The summed E-state index contributed by atoms with van der Waals surface area (Å²) in [5.41, 5.74) is 1.56. The minimum absolute atomic E-state index is 0. The van der Waals surface area contributed by atoms with Gasteiger partial charge >= 0.3 is 29.6 Å². The van der Waals surface area contributed by atoms with Crippen molar-refractivity contribution < 1.29 is 48.6 Å². The summed E-state index contributed by atoms with van der Waals surface area (Å²) in [5.74, 6) is -0.513. The van der Waals surface area contributed by atoms with Crippen LogP contribution in [0.2, 0.25) is 10.0 Å². The van der Waals surface area contributed by atoms with E-state index in [-0.39, 0.29) is 41.9 Å². The van der Waals surface area contributed by atoms with Crippen molar-refractivity contribution in [3.63, 3.8) is 0 Å². The van der Waals surface area contributed by atoms with Gasteiger partial charge in [0.1, 0.15) is 29.8 Å². The van der Waals surface area contributed by atoms with Gasteiger partial charge in [-0.2, -0.15) is 0 Å². The number of carboxylic acids is 1. The van der Waals surface area contributed by atoms with Crippen molar-refractivity contribution >= 4 is 29.2 Å². The van der Waals surface area contributed by atoms with Crippen LogP contribution >= 0.6 is 23.2 Å². The van der Waals surface area contributed by atoms with Crippen molar-refractivity contribution in [2.45, 2.75) is 13.0 Å². The average Bonchev–Trinajstić information content (AvgIpc) is 3.04. The third-order valence-electron chi connectivity index (χ3n) is 3.49. The van der Waals surface area contributed by atoms with Crippen molar-refractivity contribution in [2.24, 2.45) is 0 Å². The monoisotopic (exact) mass is 399 g/mol. The van der Waals surface area contributed by atoms with Gasteiger partial charge in [0.15, 0.2) is 0 Å². The van der Waals surface area contributed by atoms with Gasteiger partial charge in [-0.1, -0.05) is 23.2 Å². The zero-order chi connectivity index (χ0) is 17.8. The molecule has 0 radical (unpaired) electrons. The number of nitrogens with zero attached hydrogens (tertiary/aromatic N) is 1. The molecule has 128 valence electrons. The maximum Gasteiger partial charge on any atom is 1.00 e. The molecule has 1 aromatic carbocycles. The third-order valence-corrected chi connectivity index (χ3v) is 4.07. The first-order chi connectivity index (χ1) is 12.0. The molecule has 0 aliphatic rings. The summed E-state index contributed by atoms with van der Waals surface area (Å²) in [4.78, 5) is 14.7. The van der Waals surface area contributed by atoms with Gasteiger partial charge in [-0.05, 0) is 36.4 Å². The van der Waals surface area contributed by atoms with Crippen LogP contribution in [-0.4, -0.2) is 11.0 Å². The molecule has 8 heteroatoms. The maximum atomic E-state index is 10.8. The molecular formula is C18H12Cl2NNaO4. The number of furan rings is 1. The van der Waals surface area contributed by atoms with Crippen LogP contribution in [0.3, 0.4) is 0 Å². The summed E-state index contributed by atoms with van der Waals surface area (Å²) in [7, 11) is 0. The fourth-order valence-corrected chi connectivity index (χ4v) is 2.64. The van der Waals surface area contributed by atoms with E-state index >= 15 is 0 Å². The van der Waals surface area contributed by atoms with Crippen LogP contribution in [0.4, 0.5) is 0 Å². The number of ether oxygens (including phenoxy) is 1. The molecule has 0 N–H and O–H groups in total. The predicted octanol–water partition coefficient (Wildman–Crippen LogP) is 0.519. The van der Waals surface area contributed by atoms with Crippen LogP contribution in [0.15, 0.2) is 53.2 Å². The standard InChI is InChI=1S/C18H13Cl2NO4.Na/c19-13-1-3-16(24-10-11-5-6-21-9-15(11)20)12(7-13)8-14-2-4-17(25-14)18(22)23;/h1-7,9H,8,10H2,(H,22,23);/q;+1/p-1. The number of carbonyl (C=O) groups is 1. The zero-order valence-electron chi connectivity index (χ0n) is 13.9. The van der Waals surface area contributed by atoms with E-state index in [0.29, 0.717) is 28.0 Å². The Balaban J connectivity index is 0.00000243. The molecule has 0 fully saturated rings. The number of halogens is 2. The molecule has 3 rings (SSSR count). The van der Waals surface area contributed by atoms with Gasteiger partial charge < -0.3 is 19.1 Å². The second-order valence-corrected chi connectivity index (χ2v) is 6.08. The number of carbonyl (C=O) groups excluding carboxylic acids is 1. The Hall–Kier alpha value is -1.50. The summed E-state index contributed by atoms with van der Waals surface area (Å²) >= 11 is 12.1. The Morgan fingerprint density at radius 3 is 2.65 bits per heavy atom. The van der Waals surface area contributed by atoms with Crippen molar-refractivity contribution in [3.05, 3.63) is 81.5 Å². The van der Waals surface area contributed by atoms with E-state index in [1.54, 1.807) is 42.7 Å². The number of benzene rings is 1. The van der Waals surface area contributed by atoms with E-state index in [0.717, 1.165) is 11.1 Å². The van der Waals surface area contributed by atoms with E-state index in [9.17, 15) is 9.90 Å². The molecule has 0 atom stereocenters. The first-order valence-corrected chi connectivity index (χ1v) is 8.08. The van der Waals surface area contributed by atoms with Gasteiger partial charge in [-0.25, -0.2) is 0 Å². The van der Waals surface area contributed by atoms with Crippen LogP contribution in [0, 0.1) is 0 Å². The summed E-state index contributed by atoms with van der Waals surface area (Å²) in [6.45, 7) is 0.262. The van der Waals surface area contributed by atoms with Crippen LogP contribution in [0.1, 0.15) is 27.4 Å². The van der Waals surface area contributed by atoms with E-state index in [2.05, 4.69) is 4.98 Å². The predicted molar refractivity (Wildman–Crippen MR) is 90.9 cm³/mol. The topological polar surface area (TPSA) is 75.4 Å². The Morgan fingerprint density at radius 2 is 1.96 bits per heavy atom. The van der Waals surface area contributed by atoms with Crippen LogP contribution in [0.25, 0.3) is 0 Å². The van der Waals surface area contributed by atoms with E-state index in [1.807, 2.05) is 0 Å². The SMILES string of the molecule is O=C([O-])c1ccc(Cc2cc(Cl)ccc2OCc2ccncc2Cl)o1.[Na+]. The van der Waals surface area contributed by atoms with Gasteiger partial charge in [-0.15, -0.1) is 0 Å². The summed E-state index contributed by atoms with van der Waals surface area (Å²) in [5, 5.41) is 11.9. The molecule has 5 nitrogen and oxygen atoms in total. The molecule has 0 unspecified atom stereocenters. The number of rotatable bonds is 6. The molecule has 2 heterocycles. The second-order valence-electron chi connectivity index (χ2n) is 5.24. The Morgan fingerprint density at radius 1 is 1.15 bits per heavy atom. The summed E-state index contributed by atoms with van der Waals surface area (Å²) in [6.07, 6.45) is 3.51. The smallest absolute Gasteiger partial charge is 0.542 e. The molecule has 0 saturated carbocycles. The number of carboxylic acid groups (broad SMARTS) is 1. The molecule has 26 heavy (non-hydrogen) atoms. The van der Waals surface area contributed by atoms with Crippen molar-refractivity contribution in [2.75, 3.05) is 0 Å². The number of aromatic carboxylic acids is 1. The van der Waals surface area contributed by atoms with Crippen molar-refractivity contribution in [1.82, 2.24) is 4.98 Å². The van der Waals surface area contributed by atoms with Crippen LogP contribution in [-0.2, 0) is 13.0 Å². The Labute approximate surface area is 182 Å². The maximum absolute atomic E-state index is 10.8. The second kappa shape index (κ2) is 9.44. The fourth-order valence-electron chi connectivity index (χ4n) is 2.27. The molecular weight excluding hydrogens is 388 g/mol. The van der Waals surface area contributed by atoms with Crippen molar-refractivity contribution in [3.8, 4) is 5.75 Å². The molecule has 0 saturated heterocycles. The largest absolute Gasteiger partial charge is 1.00 e. The molecule has 0 aliphatic carbocycles. The normalized spacial score (nSPS) is 10.2. The minimum Gasteiger partial charge on any atom is -0.542 e. The molecule has 0 bridgehead atoms. The average molecular weight is 400 g/mol. The summed E-state index contributed by atoms with van der Waals surface area (Å²) in [6, 6.07) is 9.91. The van der Waals surface area contributed by atoms with Crippen LogP contribution in [0.5, 0.6) is 5.75 Å². The van der Waals surface area contributed by atoms with Gasteiger partial charge in [-0.3, -0.25) is 4.98 Å². The molecule has 0 aliphatic heterocycles. The van der Waals surface area contributed by atoms with E-state index in [4.69, 9.17) is 32.4 Å². The molecule has 3 aromatic rings. The van der Waals surface area contributed by atoms with Gasteiger partial charge in [0, 0.05) is 35.0 Å². The number of aromatic nitrogens is 1. The number of hydrogen-bond donors (Lipinski definition) is 0. The minimum atomic E-state index is -1.36. The zero-order valence-corrected chi connectivity index (χ0v) is 17.4. The van der Waals surface area contributed by atoms with Gasteiger partial charge in [0.2, 0.25) is 0 Å². The Kier molecular flexibility index (Phi) is 7.55. The molecule has 2 aromatic heterocycles. The van der Waals surface area contributed by atoms with Crippen LogP contribution < -0.4 is 39.4 Å². The first kappa shape index (κ1) is 20.8. The van der Waals surface area contributed by atoms with Gasteiger partial charge in [0.05, 0.1) is 5.02 Å². The van der Waals surface area contributed by atoms with Gasteiger partial charge in [0.25, 0.3) is 0 Å². The molecule has 0 amide bonds. The first-order valence-electron chi connectivity index (χ1n) is 7.32.